The Morgan fingerprint density at radius 1 is 0.958 bits per heavy atom. The van der Waals surface area contributed by atoms with E-state index in [1.165, 1.54) is 0 Å². The highest BCUT2D eigenvalue weighted by Gasteiger charge is 2.04. The van der Waals surface area contributed by atoms with Crippen molar-refractivity contribution in [3.63, 3.8) is 0 Å². The Balaban J connectivity index is 1.52. The van der Waals surface area contributed by atoms with E-state index in [0.717, 1.165) is 22.6 Å². The number of carbonyl (C=O) groups is 1. The van der Waals surface area contributed by atoms with E-state index in [1.54, 1.807) is 7.11 Å². The van der Waals surface area contributed by atoms with Gasteiger partial charge in [0.25, 0.3) is 0 Å². The van der Waals surface area contributed by atoms with E-state index in [9.17, 15) is 4.79 Å². The second-order valence-electron chi connectivity index (χ2n) is 5.56. The number of hydrogen-bond acceptors (Lipinski definition) is 2. The van der Waals surface area contributed by atoms with Gasteiger partial charge in [-0.1, -0.05) is 24.3 Å². The summed E-state index contributed by atoms with van der Waals surface area (Å²) in [5, 5.41) is 2.95. The van der Waals surface area contributed by atoms with E-state index in [0.29, 0.717) is 13.0 Å². The van der Waals surface area contributed by atoms with Crippen LogP contribution in [0.3, 0.4) is 0 Å². The maximum absolute atomic E-state index is 12.0. The molecule has 1 heterocycles. The predicted octanol–water partition coefficient (Wildman–Crippen LogP) is 3.34. The SMILES string of the molecule is COc1ccc(CC(=O)NCc2ccc(-n3cccc3)cc2)cc1. The van der Waals surface area contributed by atoms with E-state index in [1.807, 2.05) is 77.6 Å². The van der Waals surface area contributed by atoms with E-state index in [2.05, 4.69) is 5.32 Å². The molecule has 0 fully saturated rings. The number of nitrogens with zero attached hydrogens (tertiary/aromatic N) is 1. The van der Waals surface area contributed by atoms with Crippen LogP contribution >= 0.6 is 0 Å². The molecule has 3 rings (SSSR count). The fourth-order valence-corrected chi connectivity index (χ4v) is 2.48. The highest BCUT2D eigenvalue weighted by Crippen LogP contribution is 2.12. The molecule has 2 aromatic carbocycles. The summed E-state index contributed by atoms with van der Waals surface area (Å²) in [6, 6.07) is 19.7. The molecule has 122 valence electrons. The average Bonchev–Trinajstić information content (AvgIpc) is 3.16. The van der Waals surface area contributed by atoms with Crippen molar-refractivity contribution >= 4 is 5.91 Å². The first-order chi connectivity index (χ1) is 11.7. The zero-order chi connectivity index (χ0) is 16.8. The minimum absolute atomic E-state index is 0.00894. The molecule has 0 aliphatic heterocycles. The lowest BCUT2D eigenvalue weighted by Crippen LogP contribution is -2.24. The Labute approximate surface area is 141 Å². The Kier molecular flexibility index (Phi) is 4.96. The largest absolute Gasteiger partial charge is 0.497 e. The molecular weight excluding hydrogens is 300 g/mol. The van der Waals surface area contributed by atoms with Crippen molar-refractivity contribution in [2.24, 2.45) is 0 Å². The molecule has 1 aromatic heterocycles. The molecule has 0 spiro atoms. The van der Waals surface area contributed by atoms with Crippen molar-refractivity contribution in [3.05, 3.63) is 84.2 Å². The summed E-state index contributed by atoms with van der Waals surface area (Å²) in [6.07, 6.45) is 4.38. The molecule has 0 atom stereocenters. The van der Waals surface area contributed by atoms with Crippen molar-refractivity contribution in [1.29, 1.82) is 0 Å². The normalized spacial score (nSPS) is 10.4. The number of nitrogens with one attached hydrogen (secondary N) is 1. The van der Waals surface area contributed by atoms with E-state index in [-0.39, 0.29) is 5.91 Å². The van der Waals surface area contributed by atoms with Gasteiger partial charge in [-0.15, -0.1) is 0 Å². The third-order valence-corrected chi connectivity index (χ3v) is 3.85. The molecule has 1 N–H and O–H groups in total. The monoisotopic (exact) mass is 320 g/mol. The standard InChI is InChI=1S/C20H20N2O2/c1-24-19-10-6-16(7-11-19)14-20(23)21-15-17-4-8-18(9-5-17)22-12-2-3-13-22/h2-13H,14-15H2,1H3,(H,21,23). The van der Waals surface area contributed by atoms with Gasteiger partial charge < -0.3 is 14.6 Å². The summed E-state index contributed by atoms with van der Waals surface area (Å²) in [7, 11) is 1.63. The molecule has 0 saturated heterocycles. The van der Waals surface area contributed by atoms with Crippen molar-refractivity contribution in [2.45, 2.75) is 13.0 Å². The molecule has 0 bridgehead atoms. The molecule has 1 amide bonds. The van der Waals surface area contributed by atoms with Gasteiger partial charge in [-0.3, -0.25) is 4.79 Å². The van der Waals surface area contributed by atoms with Gasteiger partial charge in [0.1, 0.15) is 5.75 Å². The van der Waals surface area contributed by atoms with Crippen LogP contribution in [-0.4, -0.2) is 17.6 Å². The lowest BCUT2D eigenvalue weighted by molar-refractivity contribution is -0.120. The summed E-state index contributed by atoms with van der Waals surface area (Å²) in [5.41, 5.74) is 3.15. The molecule has 0 aliphatic rings. The number of amides is 1. The molecular formula is C20H20N2O2. The van der Waals surface area contributed by atoms with Crippen LogP contribution in [0.2, 0.25) is 0 Å². The summed E-state index contributed by atoms with van der Waals surface area (Å²) < 4.78 is 7.16. The van der Waals surface area contributed by atoms with Crippen LogP contribution in [0.25, 0.3) is 5.69 Å². The fourth-order valence-electron chi connectivity index (χ4n) is 2.48. The highest BCUT2D eigenvalue weighted by molar-refractivity contribution is 5.78. The van der Waals surface area contributed by atoms with Gasteiger partial charge in [0.15, 0.2) is 0 Å². The minimum atomic E-state index is 0.00894. The second kappa shape index (κ2) is 7.51. The van der Waals surface area contributed by atoms with Gasteiger partial charge in [0, 0.05) is 24.6 Å². The van der Waals surface area contributed by atoms with E-state index < -0.39 is 0 Å². The molecule has 0 radical (unpaired) electrons. The Morgan fingerprint density at radius 3 is 2.21 bits per heavy atom. The summed E-state index contributed by atoms with van der Waals surface area (Å²) in [5.74, 6) is 0.802. The van der Waals surface area contributed by atoms with Crippen LogP contribution < -0.4 is 10.1 Å². The first-order valence-corrected chi connectivity index (χ1v) is 7.86. The minimum Gasteiger partial charge on any atom is -0.497 e. The van der Waals surface area contributed by atoms with Gasteiger partial charge in [-0.25, -0.2) is 0 Å². The average molecular weight is 320 g/mol. The first-order valence-electron chi connectivity index (χ1n) is 7.86. The molecule has 4 nitrogen and oxygen atoms in total. The van der Waals surface area contributed by atoms with Gasteiger partial charge >= 0.3 is 0 Å². The number of methoxy groups -OCH3 is 1. The topological polar surface area (TPSA) is 43.3 Å². The van der Waals surface area contributed by atoms with Crippen molar-refractivity contribution in [2.75, 3.05) is 7.11 Å². The molecule has 0 saturated carbocycles. The van der Waals surface area contributed by atoms with Crippen molar-refractivity contribution < 1.29 is 9.53 Å². The maximum atomic E-state index is 12.0. The van der Waals surface area contributed by atoms with Gasteiger partial charge in [0.05, 0.1) is 13.5 Å². The van der Waals surface area contributed by atoms with Crippen LogP contribution in [0.5, 0.6) is 5.75 Å². The summed E-state index contributed by atoms with van der Waals surface area (Å²) >= 11 is 0. The lowest BCUT2D eigenvalue weighted by Gasteiger charge is -2.08. The second-order valence-corrected chi connectivity index (χ2v) is 5.56. The summed E-state index contributed by atoms with van der Waals surface area (Å²) in [6.45, 7) is 0.529. The lowest BCUT2D eigenvalue weighted by atomic mass is 10.1. The number of ether oxygens (including phenoxy) is 1. The van der Waals surface area contributed by atoms with Crippen LogP contribution in [0.1, 0.15) is 11.1 Å². The molecule has 3 aromatic rings. The highest BCUT2D eigenvalue weighted by atomic mass is 16.5. The molecule has 4 heteroatoms. The smallest absolute Gasteiger partial charge is 0.224 e. The number of carbonyl (C=O) groups excluding carboxylic acids is 1. The third-order valence-electron chi connectivity index (χ3n) is 3.85. The Bertz CT molecular complexity index is 776. The Hall–Kier alpha value is -3.01. The van der Waals surface area contributed by atoms with Crippen LogP contribution in [0, 0.1) is 0 Å². The number of hydrogen-bond donors (Lipinski definition) is 1. The van der Waals surface area contributed by atoms with Crippen LogP contribution in [0.4, 0.5) is 0 Å². The maximum Gasteiger partial charge on any atom is 0.224 e. The Morgan fingerprint density at radius 2 is 1.58 bits per heavy atom. The predicted molar refractivity (Wildman–Crippen MR) is 94.3 cm³/mol. The van der Waals surface area contributed by atoms with Gasteiger partial charge in [0.2, 0.25) is 5.91 Å². The fraction of sp³-hybridized carbons (Fsp3) is 0.150. The van der Waals surface area contributed by atoms with Gasteiger partial charge in [-0.05, 0) is 47.5 Å². The third kappa shape index (κ3) is 4.04. The van der Waals surface area contributed by atoms with Crippen LogP contribution in [-0.2, 0) is 17.8 Å². The van der Waals surface area contributed by atoms with E-state index >= 15 is 0 Å². The molecule has 24 heavy (non-hydrogen) atoms. The number of rotatable bonds is 6. The molecule has 0 aliphatic carbocycles. The van der Waals surface area contributed by atoms with Crippen molar-refractivity contribution in [1.82, 2.24) is 9.88 Å². The van der Waals surface area contributed by atoms with Crippen LogP contribution in [0.15, 0.2) is 73.1 Å². The first kappa shape index (κ1) is 15.9. The zero-order valence-corrected chi connectivity index (χ0v) is 13.6. The number of benzene rings is 2. The van der Waals surface area contributed by atoms with Crippen molar-refractivity contribution in [3.8, 4) is 11.4 Å². The number of aromatic nitrogens is 1. The summed E-state index contributed by atoms with van der Waals surface area (Å²) in [4.78, 5) is 12.0. The molecule has 0 unspecified atom stereocenters. The van der Waals surface area contributed by atoms with E-state index in [4.69, 9.17) is 4.74 Å². The van der Waals surface area contributed by atoms with Gasteiger partial charge in [-0.2, -0.15) is 0 Å². The zero-order valence-electron chi connectivity index (χ0n) is 13.6. The quantitative estimate of drug-likeness (QED) is 0.757.